The Hall–Kier alpha value is -1.92. The van der Waals surface area contributed by atoms with Gasteiger partial charge in [-0.05, 0) is 12.5 Å². The molecule has 1 aromatic carbocycles. The molecule has 3 heterocycles. The number of hydrogen-bond donors (Lipinski definition) is 0. The Bertz CT molecular complexity index is 662. The molecule has 3 saturated heterocycles. The van der Waals surface area contributed by atoms with Crippen LogP contribution in [0.15, 0.2) is 30.3 Å². The highest BCUT2D eigenvalue weighted by Gasteiger charge is 2.44. The third-order valence-corrected chi connectivity index (χ3v) is 5.91. The summed E-state index contributed by atoms with van der Waals surface area (Å²) in [4.78, 5) is 29.1. The molecule has 2 unspecified atom stereocenters. The Balaban J connectivity index is 1.37. The zero-order valence-corrected chi connectivity index (χ0v) is 15.2. The topological polar surface area (TPSA) is 59.1 Å². The molecule has 140 valence electrons. The average molecular weight is 358 g/mol. The molecule has 6 nitrogen and oxygen atoms in total. The van der Waals surface area contributed by atoms with Crippen molar-refractivity contribution in [3.63, 3.8) is 0 Å². The summed E-state index contributed by atoms with van der Waals surface area (Å²) in [6, 6.07) is 9.97. The van der Waals surface area contributed by atoms with Crippen molar-refractivity contribution < 1.29 is 19.1 Å². The second-order valence-electron chi connectivity index (χ2n) is 7.47. The lowest BCUT2D eigenvalue weighted by Crippen LogP contribution is -2.49. The van der Waals surface area contributed by atoms with Crippen LogP contribution >= 0.6 is 0 Å². The highest BCUT2D eigenvalue weighted by Crippen LogP contribution is 2.34. The number of likely N-dealkylation sites (tertiary alicyclic amines) is 2. The maximum atomic E-state index is 12.9. The standard InChI is InChI=1S/C20H26N2O4/c1-15(16-5-3-2-4-6-16)22-14-17(13-18(22)23)19(24)21-9-7-20(8-10-21)25-11-12-26-20/h2-6,15,17H,7-14H2,1H3. The lowest BCUT2D eigenvalue weighted by molar-refractivity contribution is -0.188. The second kappa shape index (κ2) is 7.00. The molecule has 0 bridgehead atoms. The number of amides is 2. The molecule has 0 aromatic heterocycles. The molecule has 0 aliphatic carbocycles. The van der Waals surface area contributed by atoms with E-state index in [9.17, 15) is 9.59 Å². The Morgan fingerprint density at radius 2 is 1.81 bits per heavy atom. The first kappa shape index (κ1) is 17.5. The van der Waals surface area contributed by atoms with E-state index in [4.69, 9.17) is 9.47 Å². The van der Waals surface area contributed by atoms with Crippen molar-refractivity contribution in [2.45, 2.75) is 38.0 Å². The molecular weight excluding hydrogens is 332 g/mol. The predicted octanol–water partition coefficient (Wildman–Crippen LogP) is 1.96. The average Bonchev–Trinajstić information content (AvgIpc) is 3.29. The minimum Gasteiger partial charge on any atom is -0.347 e. The number of benzene rings is 1. The molecule has 0 radical (unpaired) electrons. The molecule has 1 spiro atoms. The van der Waals surface area contributed by atoms with Crippen molar-refractivity contribution >= 4 is 11.8 Å². The molecule has 0 saturated carbocycles. The fraction of sp³-hybridized carbons (Fsp3) is 0.600. The lowest BCUT2D eigenvalue weighted by Gasteiger charge is -2.38. The van der Waals surface area contributed by atoms with E-state index >= 15 is 0 Å². The number of hydrogen-bond acceptors (Lipinski definition) is 4. The highest BCUT2D eigenvalue weighted by atomic mass is 16.7. The van der Waals surface area contributed by atoms with Crippen molar-refractivity contribution in [3.8, 4) is 0 Å². The summed E-state index contributed by atoms with van der Waals surface area (Å²) in [5, 5.41) is 0. The van der Waals surface area contributed by atoms with Crippen LogP contribution in [-0.2, 0) is 19.1 Å². The van der Waals surface area contributed by atoms with Gasteiger partial charge in [0.15, 0.2) is 5.79 Å². The normalized spacial score (nSPS) is 26.5. The van der Waals surface area contributed by atoms with Gasteiger partial charge in [0.1, 0.15) is 0 Å². The third-order valence-electron chi connectivity index (χ3n) is 5.91. The van der Waals surface area contributed by atoms with Crippen LogP contribution in [0.2, 0.25) is 0 Å². The summed E-state index contributed by atoms with van der Waals surface area (Å²) in [5.41, 5.74) is 1.10. The fourth-order valence-corrected chi connectivity index (χ4v) is 4.29. The van der Waals surface area contributed by atoms with E-state index in [1.54, 1.807) is 0 Å². The van der Waals surface area contributed by atoms with E-state index < -0.39 is 5.79 Å². The van der Waals surface area contributed by atoms with Gasteiger partial charge in [0.25, 0.3) is 0 Å². The molecule has 26 heavy (non-hydrogen) atoms. The zero-order chi connectivity index (χ0) is 18.1. The van der Waals surface area contributed by atoms with Gasteiger partial charge in [-0.25, -0.2) is 0 Å². The molecule has 3 fully saturated rings. The summed E-state index contributed by atoms with van der Waals surface area (Å²) in [6.07, 6.45) is 1.73. The van der Waals surface area contributed by atoms with Gasteiger partial charge in [0.05, 0.1) is 25.2 Å². The number of carbonyl (C=O) groups excluding carboxylic acids is 2. The molecule has 6 heteroatoms. The Kier molecular flexibility index (Phi) is 4.71. The summed E-state index contributed by atoms with van der Waals surface area (Å²) < 4.78 is 11.5. The number of nitrogens with zero attached hydrogens (tertiary/aromatic N) is 2. The molecule has 2 atom stereocenters. The molecule has 2 amide bonds. The molecule has 1 aromatic rings. The van der Waals surface area contributed by atoms with Crippen LogP contribution in [0.25, 0.3) is 0 Å². The highest BCUT2D eigenvalue weighted by molar-refractivity contribution is 5.89. The zero-order valence-electron chi connectivity index (χ0n) is 15.2. The minimum atomic E-state index is -0.476. The molecule has 3 aliphatic rings. The quantitative estimate of drug-likeness (QED) is 0.829. The van der Waals surface area contributed by atoms with E-state index in [-0.39, 0.29) is 23.8 Å². The van der Waals surface area contributed by atoms with Crippen molar-refractivity contribution in [2.24, 2.45) is 5.92 Å². The van der Waals surface area contributed by atoms with Crippen LogP contribution < -0.4 is 0 Å². The first-order chi connectivity index (χ1) is 12.6. The van der Waals surface area contributed by atoms with E-state index in [0.717, 1.165) is 5.56 Å². The number of rotatable bonds is 3. The SMILES string of the molecule is CC(c1ccccc1)N1CC(C(=O)N2CCC3(CC2)OCCO3)CC1=O. The number of ether oxygens (including phenoxy) is 2. The summed E-state index contributed by atoms with van der Waals surface area (Å²) in [6.45, 7) is 5.08. The Morgan fingerprint density at radius 1 is 1.15 bits per heavy atom. The van der Waals surface area contributed by atoms with Gasteiger partial charge in [-0.3, -0.25) is 9.59 Å². The Labute approximate surface area is 154 Å². The third kappa shape index (κ3) is 3.23. The van der Waals surface area contributed by atoms with Crippen LogP contribution in [0, 0.1) is 5.92 Å². The van der Waals surface area contributed by atoms with E-state index in [1.807, 2.05) is 47.1 Å². The largest absolute Gasteiger partial charge is 0.347 e. The van der Waals surface area contributed by atoms with E-state index in [0.29, 0.717) is 52.1 Å². The molecule has 0 N–H and O–H groups in total. The van der Waals surface area contributed by atoms with Gasteiger partial charge in [0, 0.05) is 38.9 Å². The van der Waals surface area contributed by atoms with Crippen LogP contribution in [-0.4, -0.2) is 60.2 Å². The van der Waals surface area contributed by atoms with Crippen molar-refractivity contribution in [1.29, 1.82) is 0 Å². The summed E-state index contributed by atoms with van der Waals surface area (Å²) in [7, 11) is 0. The lowest BCUT2D eigenvalue weighted by atomic mass is 10.0. The van der Waals surface area contributed by atoms with Crippen LogP contribution in [0.3, 0.4) is 0 Å². The van der Waals surface area contributed by atoms with Gasteiger partial charge >= 0.3 is 0 Å². The van der Waals surface area contributed by atoms with Gasteiger partial charge in [-0.2, -0.15) is 0 Å². The molecule has 4 rings (SSSR count). The predicted molar refractivity (Wildman–Crippen MR) is 95.1 cm³/mol. The van der Waals surface area contributed by atoms with Crippen molar-refractivity contribution in [1.82, 2.24) is 9.80 Å². The fourth-order valence-electron chi connectivity index (χ4n) is 4.29. The minimum absolute atomic E-state index is 0.00795. The van der Waals surface area contributed by atoms with E-state index in [2.05, 4.69) is 0 Å². The maximum absolute atomic E-state index is 12.9. The van der Waals surface area contributed by atoms with Gasteiger partial charge < -0.3 is 19.3 Å². The van der Waals surface area contributed by atoms with E-state index in [1.165, 1.54) is 0 Å². The van der Waals surface area contributed by atoms with Gasteiger partial charge in [-0.15, -0.1) is 0 Å². The first-order valence-corrected chi connectivity index (χ1v) is 9.49. The molecule has 3 aliphatic heterocycles. The number of carbonyl (C=O) groups is 2. The van der Waals surface area contributed by atoms with Crippen molar-refractivity contribution in [2.75, 3.05) is 32.8 Å². The number of piperidine rings is 1. The van der Waals surface area contributed by atoms with Gasteiger partial charge in [0.2, 0.25) is 11.8 Å². The second-order valence-corrected chi connectivity index (χ2v) is 7.47. The van der Waals surface area contributed by atoms with Crippen LogP contribution in [0.4, 0.5) is 0 Å². The summed E-state index contributed by atoms with van der Waals surface area (Å²) >= 11 is 0. The maximum Gasteiger partial charge on any atom is 0.228 e. The van der Waals surface area contributed by atoms with Crippen LogP contribution in [0.5, 0.6) is 0 Å². The van der Waals surface area contributed by atoms with Crippen LogP contribution in [0.1, 0.15) is 37.8 Å². The Morgan fingerprint density at radius 3 is 2.46 bits per heavy atom. The van der Waals surface area contributed by atoms with Gasteiger partial charge in [-0.1, -0.05) is 30.3 Å². The first-order valence-electron chi connectivity index (χ1n) is 9.49. The summed E-state index contributed by atoms with van der Waals surface area (Å²) in [5.74, 6) is -0.561. The monoisotopic (exact) mass is 358 g/mol. The molecular formula is C20H26N2O4. The smallest absolute Gasteiger partial charge is 0.228 e. The van der Waals surface area contributed by atoms with Crippen molar-refractivity contribution in [3.05, 3.63) is 35.9 Å².